The smallest absolute Gasteiger partial charge is 0.0494 e. The maximum atomic E-state index is 2.48. The van der Waals surface area contributed by atoms with Gasteiger partial charge in [0.2, 0.25) is 0 Å². The van der Waals surface area contributed by atoms with Gasteiger partial charge in [-0.25, -0.2) is 0 Å². The molecule has 19 aromatic rings. The van der Waals surface area contributed by atoms with Gasteiger partial charge in [0.15, 0.2) is 0 Å². The molecule has 0 aliphatic carbocycles. The highest BCUT2D eigenvalue weighted by Crippen LogP contribution is 2.43. The number of benzene rings is 14. The highest BCUT2D eigenvalue weighted by atomic mass is 15.0. The summed E-state index contributed by atoms with van der Waals surface area (Å²) in [4.78, 5) is 0. The minimum atomic E-state index is 0.161. The number of hydrogen-bond acceptors (Lipinski definition) is 0. The van der Waals surface area contributed by atoms with Crippen molar-refractivity contribution in [2.45, 2.75) is 218 Å². The van der Waals surface area contributed by atoms with E-state index in [1.165, 1.54) is 187 Å². The quantitative estimate of drug-likeness (QED) is 0.138. The molecule has 0 saturated carbocycles. The normalized spacial score (nSPS) is 12.3. The third kappa shape index (κ3) is 17.0. The predicted molar refractivity (Wildman–Crippen MR) is 535 cm³/mol. The van der Waals surface area contributed by atoms with Crippen molar-refractivity contribution < 1.29 is 0 Å². The van der Waals surface area contributed by atoms with Crippen LogP contribution < -0.4 is 0 Å². The number of fused-ring (bicyclic) bond motifs is 15. The number of aryl methyl sites for hydroxylation is 2. The van der Waals surface area contributed by atoms with E-state index in [4.69, 9.17) is 0 Å². The topological polar surface area (TPSA) is 24.6 Å². The predicted octanol–water partition coefficient (Wildman–Crippen LogP) is 34.4. The number of aromatic nitrogens is 5. The summed E-state index contributed by atoms with van der Waals surface area (Å²) in [5, 5.41) is 13.5. The first-order valence-electron chi connectivity index (χ1n) is 44.6. The molecule has 5 nitrogen and oxygen atoms in total. The fourth-order valence-electron chi connectivity index (χ4n) is 18.4. The van der Waals surface area contributed by atoms with Crippen molar-refractivity contribution in [1.82, 2.24) is 22.8 Å². The van der Waals surface area contributed by atoms with E-state index in [0.29, 0.717) is 30.2 Å². The molecule has 19 rings (SSSR count). The number of rotatable bonds is 9. The maximum Gasteiger partial charge on any atom is 0.0494 e. The van der Waals surface area contributed by atoms with Gasteiger partial charge in [-0.15, -0.1) is 0 Å². The van der Waals surface area contributed by atoms with Crippen LogP contribution in [0.25, 0.3) is 154 Å². The summed E-state index contributed by atoms with van der Waals surface area (Å²) in [5.41, 5.74) is 32.2. The van der Waals surface area contributed by atoms with Crippen molar-refractivity contribution in [3.8, 4) is 44.5 Å². The van der Waals surface area contributed by atoms with Crippen LogP contribution in [0.1, 0.15) is 216 Å². The molecule has 0 fully saturated rings. The van der Waals surface area contributed by atoms with Gasteiger partial charge in [0.05, 0.1) is 0 Å². The molecule has 0 atom stereocenters. The zero-order valence-corrected chi connectivity index (χ0v) is 77.0. The summed E-state index contributed by atoms with van der Waals surface area (Å²) in [5.74, 6) is 0. The van der Waals surface area contributed by atoms with E-state index < -0.39 is 0 Å². The van der Waals surface area contributed by atoms with Gasteiger partial charge in [0.1, 0.15) is 0 Å². The minimum absolute atomic E-state index is 0.161. The van der Waals surface area contributed by atoms with E-state index in [0.717, 1.165) is 0 Å². The molecule has 0 amide bonds. The van der Waals surface area contributed by atoms with E-state index >= 15 is 0 Å². The maximum absolute atomic E-state index is 2.48. The van der Waals surface area contributed by atoms with Gasteiger partial charge >= 0.3 is 0 Å². The van der Waals surface area contributed by atoms with E-state index in [9.17, 15) is 0 Å². The van der Waals surface area contributed by atoms with Gasteiger partial charge in [-0.05, 0) is 281 Å². The van der Waals surface area contributed by atoms with Crippen molar-refractivity contribution in [2.75, 3.05) is 0 Å². The Hall–Kier alpha value is -11.9. The number of nitrogens with zero attached hydrogens (tertiary/aromatic N) is 5. The molecule has 620 valence electrons. The van der Waals surface area contributed by atoms with Gasteiger partial charge in [-0.3, -0.25) is 0 Å². The van der Waals surface area contributed by atoms with Crippen LogP contribution in [-0.4, -0.2) is 22.8 Å². The first-order valence-corrected chi connectivity index (χ1v) is 44.6. The SMILES string of the molecule is CC(C)n1c2ccc(-c3ccc(C(C)(C)C)cc3)cc2c2cc(-c3ccc(C(C)(C)C)cc3)ccc21.CC(C)n1c2ccc(-c3ccccc3)cc2c2cc(-c3ccccc3)ccc21.CC(C)n1c2ccc(C(C)(C)C)cc2c2cc(C(C)(C)C)ccc21.CC(C)n1c2ccccc2c2ccccc21.Cc1ccc2c(c1)c1cc(C)ccc1n2C(C)C. The zero-order chi connectivity index (χ0) is 86.8. The van der Waals surface area contributed by atoms with Crippen molar-refractivity contribution in [3.63, 3.8) is 0 Å². The molecule has 0 saturated heterocycles. The third-order valence-electron chi connectivity index (χ3n) is 24.8. The fraction of sp³-hybridized carbons (Fsp3) is 0.282. The Morgan fingerprint density at radius 2 is 0.352 bits per heavy atom. The molecular weight excluding hydrogens is 1480 g/mol. The van der Waals surface area contributed by atoms with E-state index in [1.807, 2.05) is 0 Å². The molecule has 0 N–H and O–H groups in total. The average Bonchev–Trinajstić information content (AvgIpc) is 1.61. The van der Waals surface area contributed by atoms with Crippen LogP contribution in [0.4, 0.5) is 0 Å². The average molecular weight is 1600 g/mol. The highest BCUT2D eigenvalue weighted by molar-refractivity contribution is 6.14. The van der Waals surface area contributed by atoms with Crippen LogP contribution in [0.3, 0.4) is 0 Å². The van der Waals surface area contributed by atoms with Crippen LogP contribution >= 0.6 is 0 Å². The monoisotopic (exact) mass is 1600 g/mol. The van der Waals surface area contributed by atoms with Crippen LogP contribution in [-0.2, 0) is 21.7 Å². The number of para-hydroxylation sites is 2. The second-order valence-corrected chi connectivity index (χ2v) is 39.7. The van der Waals surface area contributed by atoms with Crippen LogP contribution in [0.15, 0.2) is 303 Å². The van der Waals surface area contributed by atoms with E-state index in [1.54, 1.807) is 0 Å². The Balaban J connectivity index is 0.000000122. The lowest BCUT2D eigenvalue weighted by Crippen LogP contribution is -2.10. The fourth-order valence-corrected chi connectivity index (χ4v) is 18.4. The van der Waals surface area contributed by atoms with E-state index in [2.05, 4.69) is 492 Å². The summed E-state index contributed by atoms with van der Waals surface area (Å²) in [6, 6.07) is 114. The molecule has 5 heterocycles. The molecule has 0 aliphatic heterocycles. The summed E-state index contributed by atoms with van der Waals surface area (Å²) >= 11 is 0. The molecule has 0 aliphatic rings. The number of hydrogen-bond donors (Lipinski definition) is 0. The minimum Gasteiger partial charge on any atom is -0.338 e. The second-order valence-electron chi connectivity index (χ2n) is 39.7. The molecule has 5 aromatic heterocycles. The molecule has 0 radical (unpaired) electrons. The van der Waals surface area contributed by atoms with Gasteiger partial charge < -0.3 is 22.8 Å². The lowest BCUT2D eigenvalue weighted by Gasteiger charge is -2.19. The summed E-state index contributed by atoms with van der Waals surface area (Å²) in [6.45, 7) is 54.2. The molecule has 0 unspecified atom stereocenters. The van der Waals surface area contributed by atoms with E-state index in [-0.39, 0.29) is 21.7 Å². The standard InChI is InChI=1S/C35H39N.C27H23N.C23H31N.C17H19N.C15H15N/c1-23(2)36-32-19-13-26(24-9-15-28(16-10-24)34(3,4)5)21-30(32)31-22-27(14-20-33(31)36)25-11-17-29(18-12-25)35(6,7)8;1-19(2)28-26-15-13-22(20-9-5-3-6-10-20)17-24(26)25-18-23(14-16-27(25)28)21-11-7-4-8-12-21;1-15(2)24-20-11-9-16(22(3,4)5)13-18(20)19-14-17(23(6,7)8)10-12-21(19)24;1-11(2)18-16-7-5-12(3)9-14(16)15-10-13(4)6-8-17(15)18;1-11(2)16-14-9-5-3-7-12(14)13-8-4-6-10-15(13)16/h9-23H,1-8H3;3-19H,1-2H3;9-15H,1-8H3;5-11H,1-4H3;3-11H,1-2H3. The Morgan fingerprint density at radius 1 is 0.164 bits per heavy atom. The van der Waals surface area contributed by atoms with Crippen molar-refractivity contribution in [3.05, 3.63) is 337 Å². The molecule has 122 heavy (non-hydrogen) atoms. The van der Waals surface area contributed by atoms with Crippen LogP contribution in [0.2, 0.25) is 0 Å². The van der Waals surface area contributed by atoms with Gasteiger partial charge in [-0.2, -0.15) is 0 Å². The molecule has 0 bridgehead atoms. The first kappa shape index (κ1) is 85.1. The Labute approximate surface area is 726 Å². The van der Waals surface area contributed by atoms with Gasteiger partial charge in [0, 0.05) is 139 Å². The molecular formula is C117H127N5. The summed E-state index contributed by atoms with van der Waals surface area (Å²) in [7, 11) is 0. The highest BCUT2D eigenvalue weighted by Gasteiger charge is 2.24. The van der Waals surface area contributed by atoms with Gasteiger partial charge in [-0.1, -0.05) is 288 Å². The van der Waals surface area contributed by atoms with Gasteiger partial charge in [0.25, 0.3) is 0 Å². The summed E-state index contributed by atoms with van der Waals surface area (Å²) < 4.78 is 12.2. The van der Waals surface area contributed by atoms with Crippen molar-refractivity contribution in [1.29, 1.82) is 0 Å². The van der Waals surface area contributed by atoms with Crippen molar-refractivity contribution >= 4 is 109 Å². The van der Waals surface area contributed by atoms with Crippen molar-refractivity contribution in [2.24, 2.45) is 0 Å². The molecule has 5 heteroatoms. The van der Waals surface area contributed by atoms with Crippen LogP contribution in [0.5, 0.6) is 0 Å². The Kier molecular flexibility index (Phi) is 23.6. The molecule has 0 spiro atoms. The molecule has 14 aromatic carbocycles. The Morgan fingerprint density at radius 3 is 0.607 bits per heavy atom. The Bertz CT molecular complexity index is 6590. The second kappa shape index (κ2) is 33.8. The zero-order valence-electron chi connectivity index (χ0n) is 77.0. The first-order chi connectivity index (χ1) is 58.0. The lowest BCUT2D eigenvalue weighted by molar-refractivity contribution is 0.590. The van der Waals surface area contributed by atoms with Crippen LogP contribution in [0, 0.1) is 13.8 Å². The third-order valence-corrected chi connectivity index (χ3v) is 24.8. The summed E-state index contributed by atoms with van der Waals surface area (Å²) in [6.07, 6.45) is 0. The lowest BCUT2D eigenvalue weighted by atomic mass is 9.85. The largest absolute Gasteiger partial charge is 0.338 e.